The lowest BCUT2D eigenvalue weighted by Gasteiger charge is -2.24. The quantitative estimate of drug-likeness (QED) is 0.619. The van der Waals surface area contributed by atoms with E-state index in [-0.39, 0.29) is 5.75 Å². The standard InChI is InChI=1S/C23H24N2O/c1-18-7-11-21(12-8-18)25(22-13-9-19(2)10-14-22)16-15-24-17-20-5-3-4-6-23(20)26/h3-14,17,26H,15-16H2,1-2H3. The number of phenols is 1. The van der Waals surface area contributed by atoms with Gasteiger partial charge in [0.15, 0.2) is 0 Å². The number of hydrogen-bond donors (Lipinski definition) is 1. The molecule has 3 nitrogen and oxygen atoms in total. The topological polar surface area (TPSA) is 35.8 Å². The first-order valence-corrected chi connectivity index (χ1v) is 8.82. The zero-order valence-corrected chi connectivity index (χ0v) is 15.3. The predicted octanol–water partition coefficient (Wildman–Crippen LogP) is 5.27. The molecule has 0 aromatic heterocycles. The van der Waals surface area contributed by atoms with Crippen LogP contribution in [0.3, 0.4) is 0 Å². The normalized spacial score (nSPS) is 11.0. The molecule has 3 aromatic carbocycles. The van der Waals surface area contributed by atoms with Gasteiger partial charge in [0.1, 0.15) is 5.75 Å². The van der Waals surface area contributed by atoms with Crippen molar-refractivity contribution in [1.82, 2.24) is 0 Å². The molecule has 0 fully saturated rings. The number of rotatable bonds is 6. The highest BCUT2D eigenvalue weighted by molar-refractivity contribution is 5.83. The number of para-hydroxylation sites is 1. The van der Waals surface area contributed by atoms with Crippen molar-refractivity contribution in [2.24, 2.45) is 4.99 Å². The molecule has 0 bridgehead atoms. The van der Waals surface area contributed by atoms with Crippen molar-refractivity contribution >= 4 is 17.6 Å². The number of aliphatic imine (C=N–C) groups is 1. The van der Waals surface area contributed by atoms with Crippen LogP contribution in [0, 0.1) is 13.8 Å². The zero-order chi connectivity index (χ0) is 18.4. The average molecular weight is 344 g/mol. The van der Waals surface area contributed by atoms with Crippen LogP contribution >= 0.6 is 0 Å². The van der Waals surface area contributed by atoms with Gasteiger partial charge >= 0.3 is 0 Å². The first-order valence-electron chi connectivity index (χ1n) is 8.82. The van der Waals surface area contributed by atoms with E-state index in [2.05, 4.69) is 72.3 Å². The van der Waals surface area contributed by atoms with Gasteiger partial charge in [0.05, 0.1) is 6.54 Å². The maximum atomic E-state index is 9.83. The summed E-state index contributed by atoms with van der Waals surface area (Å²) in [5.74, 6) is 0.255. The molecule has 0 aliphatic rings. The van der Waals surface area contributed by atoms with E-state index in [0.29, 0.717) is 6.54 Å². The van der Waals surface area contributed by atoms with Gasteiger partial charge in [-0.05, 0) is 50.2 Å². The first kappa shape index (κ1) is 17.7. The molecule has 0 radical (unpaired) electrons. The monoisotopic (exact) mass is 344 g/mol. The second kappa shape index (κ2) is 8.34. The van der Waals surface area contributed by atoms with Crippen molar-refractivity contribution in [3.05, 3.63) is 89.5 Å². The molecule has 1 N–H and O–H groups in total. The second-order valence-corrected chi connectivity index (χ2v) is 6.42. The van der Waals surface area contributed by atoms with E-state index in [9.17, 15) is 5.11 Å². The van der Waals surface area contributed by atoms with Crippen molar-refractivity contribution in [2.75, 3.05) is 18.0 Å². The van der Waals surface area contributed by atoms with Crippen molar-refractivity contribution in [1.29, 1.82) is 0 Å². The summed E-state index contributed by atoms with van der Waals surface area (Å²) in [5.41, 5.74) is 5.53. The SMILES string of the molecule is Cc1ccc(N(CCN=Cc2ccccc2O)c2ccc(C)cc2)cc1. The third-order valence-corrected chi connectivity index (χ3v) is 4.31. The van der Waals surface area contributed by atoms with E-state index in [1.807, 2.05) is 18.2 Å². The van der Waals surface area contributed by atoms with Crippen LogP contribution in [-0.4, -0.2) is 24.4 Å². The lowest BCUT2D eigenvalue weighted by Crippen LogP contribution is -2.20. The van der Waals surface area contributed by atoms with Crippen molar-refractivity contribution < 1.29 is 5.11 Å². The van der Waals surface area contributed by atoms with Crippen LogP contribution in [0.4, 0.5) is 11.4 Å². The lowest BCUT2D eigenvalue weighted by molar-refractivity contribution is 0.474. The van der Waals surface area contributed by atoms with Crippen LogP contribution < -0.4 is 4.90 Å². The molecule has 132 valence electrons. The van der Waals surface area contributed by atoms with Crippen LogP contribution in [0.1, 0.15) is 16.7 Å². The molecule has 3 heteroatoms. The van der Waals surface area contributed by atoms with Gasteiger partial charge in [-0.3, -0.25) is 4.99 Å². The van der Waals surface area contributed by atoms with Crippen molar-refractivity contribution in [2.45, 2.75) is 13.8 Å². The van der Waals surface area contributed by atoms with Gasteiger partial charge < -0.3 is 10.0 Å². The fraction of sp³-hybridized carbons (Fsp3) is 0.174. The third kappa shape index (κ3) is 4.51. The van der Waals surface area contributed by atoms with Crippen LogP contribution in [0.25, 0.3) is 0 Å². The molecule has 0 amide bonds. The number of nitrogens with zero attached hydrogens (tertiary/aromatic N) is 2. The maximum absolute atomic E-state index is 9.83. The van der Waals surface area contributed by atoms with E-state index >= 15 is 0 Å². The molecule has 0 saturated carbocycles. The van der Waals surface area contributed by atoms with Gasteiger partial charge in [0.25, 0.3) is 0 Å². The van der Waals surface area contributed by atoms with Gasteiger partial charge in [0, 0.05) is 29.7 Å². The van der Waals surface area contributed by atoms with Crippen LogP contribution in [0.2, 0.25) is 0 Å². The molecule has 0 aliphatic carbocycles. The van der Waals surface area contributed by atoms with Gasteiger partial charge in [-0.1, -0.05) is 47.5 Å². The molecule has 26 heavy (non-hydrogen) atoms. The largest absolute Gasteiger partial charge is 0.507 e. The molecular formula is C23H24N2O. The molecule has 0 atom stereocenters. The zero-order valence-electron chi connectivity index (χ0n) is 15.3. The highest BCUT2D eigenvalue weighted by Gasteiger charge is 2.08. The Balaban J connectivity index is 1.76. The van der Waals surface area contributed by atoms with E-state index in [0.717, 1.165) is 23.5 Å². The molecule has 0 heterocycles. The van der Waals surface area contributed by atoms with E-state index < -0.39 is 0 Å². The van der Waals surface area contributed by atoms with Gasteiger partial charge in [-0.15, -0.1) is 0 Å². The number of hydrogen-bond acceptors (Lipinski definition) is 3. The lowest BCUT2D eigenvalue weighted by atomic mass is 10.1. The number of aromatic hydroxyl groups is 1. The Hall–Kier alpha value is -3.07. The first-order chi connectivity index (χ1) is 12.6. The summed E-state index contributed by atoms with van der Waals surface area (Å²) in [6, 6.07) is 24.3. The Bertz CT molecular complexity index is 822. The molecular weight excluding hydrogens is 320 g/mol. The Morgan fingerprint density at radius 3 is 1.88 bits per heavy atom. The summed E-state index contributed by atoms with van der Waals surface area (Å²) in [5, 5.41) is 9.83. The molecule has 0 aliphatic heterocycles. The summed E-state index contributed by atoms with van der Waals surface area (Å²) >= 11 is 0. The van der Waals surface area contributed by atoms with E-state index in [1.165, 1.54) is 11.1 Å². The summed E-state index contributed by atoms with van der Waals surface area (Å²) < 4.78 is 0. The minimum Gasteiger partial charge on any atom is -0.507 e. The Labute approximate surface area is 155 Å². The van der Waals surface area contributed by atoms with Gasteiger partial charge in [-0.2, -0.15) is 0 Å². The smallest absolute Gasteiger partial charge is 0.124 e. The number of aryl methyl sites for hydroxylation is 2. The van der Waals surface area contributed by atoms with Crippen LogP contribution in [0.5, 0.6) is 5.75 Å². The molecule has 0 unspecified atom stereocenters. The van der Waals surface area contributed by atoms with Crippen LogP contribution in [0.15, 0.2) is 77.8 Å². The second-order valence-electron chi connectivity index (χ2n) is 6.42. The summed E-state index contributed by atoms with van der Waals surface area (Å²) in [6.07, 6.45) is 1.73. The molecule has 3 rings (SSSR count). The van der Waals surface area contributed by atoms with Gasteiger partial charge in [-0.25, -0.2) is 0 Å². The Morgan fingerprint density at radius 1 is 0.808 bits per heavy atom. The van der Waals surface area contributed by atoms with Gasteiger partial charge in [0.2, 0.25) is 0 Å². The van der Waals surface area contributed by atoms with Crippen LogP contribution in [-0.2, 0) is 0 Å². The number of anilines is 2. The molecule has 3 aromatic rings. The summed E-state index contributed by atoms with van der Waals surface area (Å²) in [6.45, 7) is 5.58. The molecule has 0 spiro atoms. The number of phenolic OH excluding ortho intramolecular Hbond substituents is 1. The predicted molar refractivity (Wildman–Crippen MR) is 110 cm³/mol. The number of benzene rings is 3. The minimum atomic E-state index is 0.255. The summed E-state index contributed by atoms with van der Waals surface area (Å²) in [4.78, 5) is 6.77. The highest BCUT2D eigenvalue weighted by atomic mass is 16.3. The van der Waals surface area contributed by atoms with Crippen molar-refractivity contribution in [3.63, 3.8) is 0 Å². The fourth-order valence-corrected chi connectivity index (χ4v) is 2.77. The van der Waals surface area contributed by atoms with E-state index in [4.69, 9.17) is 0 Å². The minimum absolute atomic E-state index is 0.255. The molecule has 0 saturated heterocycles. The fourth-order valence-electron chi connectivity index (χ4n) is 2.77. The highest BCUT2D eigenvalue weighted by Crippen LogP contribution is 2.25. The van der Waals surface area contributed by atoms with E-state index in [1.54, 1.807) is 12.3 Å². The third-order valence-electron chi connectivity index (χ3n) is 4.31. The average Bonchev–Trinajstić information content (AvgIpc) is 2.65. The van der Waals surface area contributed by atoms with Crippen molar-refractivity contribution in [3.8, 4) is 5.75 Å². The Kier molecular flexibility index (Phi) is 5.69. The summed E-state index contributed by atoms with van der Waals surface area (Å²) in [7, 11) is 0. The Morgan fingerprint density at radius 2 is 1.35 bits per heavy atom. The maximum Gasteiger partial charge on any atom is 0.124 e.